The van der Waals surface area contributed by atoms with Gasteiger partial charge in [-0.3, -0.25) is 0 Å². The van der Waals surface area contributed by atoms with Crippen LogP contribution >= 0.6 is 0 Å². The molecule has 1 fully saturated rings. The van der Waals surface area contributed by atoms with Crippen LogP contribution in [-0.4, -0.2) is 37.7 Å². The van der Waals surface area contributed by atoms with E-state index in [2.05, 4.69) is 11.0 Å². The Balaban J connectivity index is 1.83. The van der Waals surface area contributed by atoms with Crippen LogP contribution in [0.2, 0.25) is 0 Å². The van der Waals surface area contributed by atoms with Crippen molar-refractivity contribution in [2.45, 2.75) is 26.2 Å². The molecular formula is C16H22N2O2. The lowest BCUT2D eigenvalue weighted by atomic mass is 10.2. The Morgan fingerprint density at radius 1 is 1.20 bits per heavy atom. The highest BCUT2D eigenvalue weighted by molar-refractivity contribution is 5.46. The summed E-state index contributed by atoms with van der Waals surface area (Å²) in [5.41, 5.74) is 0.595. The number of nitrogens with zero attached hydrogens (tertiary/aromatic N) is 2. The van der Waals surface area contributed by atoms with E-state index >= 15 is 0 Å². The van der Waals surface area contributed by atoms with Gasteiger partial charge in [-0.05, 0) is 51.4 Å². The van der Waals surface area contributed by atoms with E-state index in [0.717, 1.165) is 18.7 Å². The lowest BCUT2D eigenvalue weighted by Crippen LogP contribution is -2.21. The number of rotatable bonds is 7. The fraction of sp³-hybridized carbons (Fsp3) is 0.562. The maximum Gasteiger partial charge on any atom is 0.162 e. The van der Waals surface area contributed by atoms with Crippen molar-refractivity contribution in [2.24, 2.45) is 0 Å². The second kappa shape index (κ2) is 7.76. The number of hydrogen-bond acceptors (Lipinski definition) is 4. The minimum absolute atomic E-state index is 0.568. The van der Waals surface area contributed by atoms with Gasteiger partial charge in [0, 0.05) is 12.6 Å². The van der Waals surface area contributed by atoms with E-state index in [0.29, 0.717) is 24.5 Å². The molecular weight excluding hydrogens is 252 g/mol. The van der Waals surface area contributed by atoms with Gasteiger partial charge >= 0.3 is 0 Å². The molecule has 0 atom stereocenters. The van der Waals surface area contributed by atoms with E-state index in [1.165, 1.54) is 25.9 Å². The molecule has 2 rings (SSSR count). The van der Waals surface area contributed by atoms with E-state index in [1.807, 2.05) is 13.0 Å². The molecule has 1 aliphatic heterocycles. The third-order valence-corrected chi connectivity index (χ3v) is 3.45. The summed E-state index contributed by atoms with van der Waals surface area (Å²) >= 11 is 0. The molecule has 0 aromatic heterocycles. The van der Waals surface area contributed by atoms with Crippen LogP contribution in [0.1, 0.15) is 31.7 Å². The van der Waals surface area contributed by atoms with E-state index in [1.54, 1.807) is 12.1 Å². The Bertz CT molecular complexity index is 462. The van der Waals surface area contributed by atoms with Crippen molar-refractivity contribution in [1.29, 1.82) is 5.26 Å². The average Bonchev–Trinajstić information content (AvgIpc) is 2.98. The molecule has 0 spiro atoms. The number of likely N-dealkylation sites (tertiary alicyclic amines) is 1. The van der Waals surface area contributed by atoms with Gasteiger partial charge in [-0.2, -0.15) is 5.26 Å². The minimum atomic E-state index is 0.568. The topological polar surface area (TPSA) is 45.5 Å². The van der Waals surface area contributed by atoms with E-state index in [-0.39, 0.29) is 0 Å². The summed E-state index contributed by atoms with van der Waals surface area (Å²) in [5, 5.41) is 8.90. The van der Waals surface area contributed by atoms with Gasteiger partial charge in [-0.1, -0.05) is 0 Å². The molecule has 0 aliphatic carbocycles. The maximum absolute atomic E-state index is 8.90. The fourth-order valence-electron chi connectivity index (χ4n) is 2.44. The van der Waals surface area contributed by atoms with Crippen LogP contribution in [0, 0.1) is 11.3 Å². The molecule has 1 aromatic rings. The number of hydrogen-bond donors (Lipinski definition) is 0. The van der Waals surface area contributed by atoms with Gasteiger partial charge in [0.1, 0.15) is 0 Å². The van der Waals surface area contributed by atoms with Crippen molar-refractivity contribution in [3.63, 3.8) is 0 Å². The molecule has 0 bridgehead atoms. The standard InChI is InChI=1S/C16H22N2O2/c1-2-19-16-12-14(13-17)6-7-15(16)20-11-5-10-18-8-3-4-9-18/h6-7,12H,2-5,8-11H2,1H3. The van der Waals surface area contributed by atoms with Crippen LogP contribution in [0.4, 0.5) is 0 Å². The molecule has 4 nitrogen and oxygen atoms in total. The molecule has 108 valence electrons. The monoisotopic (exact) mass is 274 g/mol. The van der Waals surface area contributed by atoms with Gasteiger partial charge in [-0.25, -0.2) is 0 Å². The second-order valence-corrected chi connectivity index (χ2v) is 4.96. The lowest BCUT2D eigenvalue weighted by molar-refractivity contribution is 0.248. The van der Waals surface area contributed by atoms with Gasteiger partial charge in [0.2, 0.25) is 0 Å². The molecule has 0 radical (unpaired) electrons. The number of ether oxygens (including phenoxy) is 2. The van der Waals surface area contributed by atoms with Crippen LogP contribution in [0.3, 0.4) is 0 Å². The third-order valence-electron chi connectivity index (χ3n) is 3.45. The smallest absolute Gasteiger partial charge is 0.162 e. The highest BCUT2D eigenvalue weighted by Gasteiger charge is 2.11. The van der Waals surface area contributed by atoms with Crippen LogP contribution in [-0.2, 0) is 0 Å². The Kier molecular flexibility index (Phi) is 5.69. The molecule has 0 unspecified atom stereocenters. The first-order valence-corrected chi connectivity index (χ1v) is 7.35. The van der Waals surface area contributed by atoms with Gasteiger partial charge in [0.15, 0.2) is 11.5 Å². The van der Waals surface area contributed by atoms with Crippen molar-refractivity contribution in [3.05, 3.63) is 23.8 Å². The quantitative estimate of drug-likeness (QED) is 0.717. The van der Waals surface area contributed by atoms with E-state index < -0.39 is 0 Å². The van der Waals surface area contributed by atoms with Crippen molar-refractivity contribution in [3.8, 4) is 17.6 Å². The molecule has 0 saturated carbocycles. The normalized spacial score (nSPS) is 15.0. The first kappa shape index (κ1) is 14.7. The molecule has 0 amide bonds. The summed E-state index contributed by atoms with van der Waals surface area (Å²) in [7, 11) is 0. The van der Waals surface area contributed by atoms with Gasteiger partial charge in [-0.15, -0.1) is 0 Å². The zero-order chi connectivity index (χ0) is 14.2. The van der Waals surface area contributed by atoms with Crippen molar-refractivity contribution >= 4 is 0 Å². The highest BCUT2D eigenvalue weighted by Crippen LogP contribution is 2.28. The molecule has 20 heavy (non-hydrogen) atoms. The zero-order valence-electron chi connectivity index (χ0n) is 12.1. The second-order valence-electron chi connectivity index (χ2n) is 4.96. The molecule has 1 aromatic carbocycles. The zero-order valence-corrected chi connectivity index (χ0v) is 12.1. The van der Waals surface area contributed by atoms with Gasteiger partial charge in [0.25, 0.3) is 0 Å². The highest BCUT2D eigenvalue weighted by atomic mass is 16.5. The molecule has 1 saturated heterocycles. The Morgan fingerprint density at radius 3 is 2.70 bits per heavy atom. The first-order valence-electron chi connectivity index (χ1n) is 7.35. The van der Waals surface area contributed by atoms with Crippen molar-refractivity contribution in [1.82, 2.24) is 4.90 Å². The Hall–Kier alpha value is -1.73. The third kappa shape index (κ3) is 4.14. The van der Waals surface area contributed by atoms with Crippen molar-refractivity contribution < 1.29 is 9.47 Å². The number of benzene rings is 1. The molecule has 1 heterocycles. The van der Waals surface area contributed by atoms with Crippen LogP contribution in [0.25, 0.3) is 0 Å². The SMILES string of the molecule is CCOc1cc(C#N)ccc1OCCCN1CCCC1. The number of nitriles is 1. The van der Waals surface area contributed by atoms with Gasteiger partial charge < -0.3 is 14.4 Å². The van der Waals surface area contributed by atoms with Crippen LogP contribution in [0.5, 0.6) is 11.5 Å². The minimum Gasteiger partial charge on any atom is -0.490 e. The van der Waals surface area contributed by atoms with E-state index in [4.69, 9.17) is 14.7 Å². The Labute approximate surface area is 120 Å². The summed E-state index contributed by atoms with van der Waals surface area (Å²) in [5.74, 6) is 1.39. The van der Waals surface area contributed by atoms with Gasteiger partial charge in [0.05, 0.1) is 24.8 Å². The molecule has 0 N–H and O–H groups in total. The maximum atomic E-state index is 8.90. The summed E-state index contributed by atoms with van der Waals surface area (Å²) < 4.78 is 11.3. The summed E-state index contributed by atoms with van der Waals surface area (Å²) in [6.07, 6.45) is 3.67. The predicted octanol–water partition coefficient (Wildman–Crippen LogP) is 2.82. The summed E-state index contributed by atoms with van der Waals surface area (Å²) in [6.45, 7) is 6.72. The lowest BCUT2D eigenvalue weighted by Gasteiger charge is -2.15. The predicted molar refractivity (Wildman–Crippen MR) is 78.1 cm³/mol. The first-order chi connectivity index (χ1) is 9.83. The molecule has 1 aliphatic rings. The average molecular weight is 274 g/mol. The van der Waals surface area contributed by atoms with Crippen LogP contribution in [0.15, 0.2) is 18.2 Å². The Morgan fingerprint density at radius 2 is 2.00 bits per heavy atom. The largest absolute Gasteiger partial charge is 0.490 e. The summed E-state index contributed by atoms with van der Waals surface area (Å²) in [6, 6.07) is 7.43. The molecule has 4 heteroatoms. The van der Waals surface area contributed by atoms with Crippen molar-refractivity contribution in [2.75, 3.05) is 32.8 Å². The van der Waals surface area contributed by atoms with E-state index in [9.17, 15) is 0 Å². The fourth-order valence-corrected chi connectivity index (χ4v) is 2.44. The summed E-state index contributed by atoms with van der Waals surface area (Å²) in [4.78, 5) is 2.48. The van der Waals surface area contributed by atoms with Crippen LogP contribution < -0.4 is 9.47 Å².